The summed E-state index contributed by atoms with van der Waals surface area (Å²) in [5.74, 6) is 1.43. The smallest absolute Gasteiger partial charge is 0.351 e. The van der Waals surface area contributed by atoms with Crippen molar-refractivity contribution >= 4 is 17.6 Å². The molecule has 0 N–H and O–H groups in total. The van der Waals surface area contributed by atoms with Gasteiger partial charge in [-0.05, 0) is 19.4 Å². The highest BCUT2D eigenvalue weighted by Crippen LogP contribution is 2.31. The van der Waals surface area contributed by atoms with Gasteiger partial charge in [-0.25, -0.2) is 4.79 Å². The fourth-order valence-corrected chi connectivity index (χ4v) is 3.02. The number of nitrogens with zero attached hydrogens (tertiary/aromatic N) is 3. The van der Waals surface area contributed by atoms with Crippen molar-refractivity contribution in [1.82, 2.24) is 9.55 Å². The van der Waals surface area contributed by atoms with Gasteiger partial charge in [-0.3, -0.25) is 4.57 Å². The minimum atomic E-state index is -0.270. The minimum Gasteiger partial charge on any atom is -0.378 e. The SMILES string of the molecule is CCCOC[C@H]1O[C@@H](n2ccc(N(C)CC)nc2=O)CS1. The Morgan fingerprint density at radius 3 is 3.05 bits per heavy atom. The second-order valence-electron chi connectivity index (χ2n) is 4.92. The molecule has 0 bridgehead atoms. The summed E-state index contributed by atoms with van der Waals surface area (Å²) in [6.45, 7) is 6.21. The zero-order valence-electron chi connectivity index (χ0n) is 12.8. The van der Waals surface area contributed by atoms with Crippen LogP contribution >= 0.6 is 11.8 Å². The van der Waals surface area contributed by atoms with E-state index in [0.29, 0.717) is 12.4 Å². The molecule has 0 aliphatic carbocycles. The Balaban J connectivity index is 1.98. The summed E-state index contributed by atoms with van der Waals surface area (Å²) in [6.07, 6.45) is 2.50. The van der Waals surface area contributed by atoms with Crippen LogP contribution in [0.15, 0.2) is 17.1 Å². The molecule has 1 aliphatic rings. The molecule has 21 heavy (non-hydrogen) atoms. The normalized spacial score (nSPS) is 21.7. The molecular formula is C14H23N3O3S. The summed E-state index contributed by atoms with van der Waals surface area (Å²) in [7, 11) is 1.91. The van der Waals surface area contributed by atoms with Crippen LogP contribution in [-0.2, 0) is 9.47 Å². The van der Waals surface area contributed by atoms with Gasteiger partial charge in [0.15, 0.2) is 0 Å². The number of hydrogen-bond acceptors (Lipinski definition) is 6. The van der Waals surface area contributed by atoms with Gasteiger partial charge in [0.25, 0.3) is 0 Å². The fourth-order valence-electron chi connectivity index (χ4n) is 2.00. The molecule has 2 heterocycles. The summed E-state index contributed by atoms with van der Waals surface area (Å²) in [6, 6.07) is 1.85. The van der Waals surface area contributed by atoms with Crippen molar-refractivity contribution in [2.75, 3.05) is 37.5 Å². The molecule has 0 amide bonds. The highest BCUT2D eigenvalue weighted by Gasteiger charge is 2.28. The van der Waals surface area contributed by atoms with Gasteiger partial charge in [-0.15, -0.1) is 11.8 Å². The van der Waals surface area contributed by atoms with E-state index in [2.05, 4.69) is 11.9 Å². The lowest BCUT2D eigenvalue weighted by Gasteiger charge is -2.18. The minimum absolute atomic E-state index is 0.00792. The van der Waals surface area contributed by atoms with Gasteiger partial charge in [-0.1, -0.05) is 6.92 Å². The monoisotopic (exact) mass is 313 g/mol. The lowest BCUT2D eigenvalue weighted by Crippen LogP contribution is -2.30. The summed E-state index contributed by atoms with van der Waals surface area (Å²) in [5, 5.41) is 0. The van der Waals surface area contributed by atoms with Crippen molar-refractivity contribution in [2.45, 2.75) is 31.9 Å². The van der Waals surface area contributed by atoms with E-state index >= 15 is 0 Å². The summed E-state index contributed by atoms with van der Waals surface area (Å²) in [4.78, 5) is 18.1. The van der Waals surface area contributed by atoms with E-state index in [1.165, 1.54) is 0 Å². The first-order valence-electron chi connectivity index (χ1n) is 7.30. The molecular weight excluding hydrogens is 290 g/mol. The van der Waals surface area contributed by atoms with Gasteiger partial charge in [0.05, 0.1) is 6.61 Å². The molecule has 2 atom stereocenters. The standard InChI is InChI=1S/C14H23N3O3S/c1-4-8-19-9-13-20-12(10-21-13)17-7-6-11(15-14(17)18)16(3)5-2/h6-7,12-13H,4-5,8-10H2,1-3H3/t12-,13+/m1/s1. The molecule has 118 valence electrons. The van der Waals surface area contributed by atoms with Crippen molar-refractivity contribution in [2.24, 2.45) is 0 Å². The zero-order valence-corrected chi connectivity index (χ0v) is 13.6. The van der Waals surface area contributed by atoms with Crippen LogP contribution in [0.2, 0.25) is 0 Å². The number of hydrogen-bond donors (Lipinski definition) is 0. The molecule has 1 aromatic heterocycles. The van der Waals surface area contributed by atoms with E-state index in [4.69, 9.17) is 9.47 Å². The molecule has 2 rings (SSSR count). The van der Waals surface area contributed by atoms with E-state index in [-0.39, 0.29) is 17.4 Å². The van der Waals surface area contributed by atoms with E-state index in [1.54, 1.807) is 22.5 Å². The number of anilines is 1. The predicted octanol–water partition coefficient (Wildman–Crippen LogP) is 1.71. The molecule has 1 aromatic rings. The highest BCUT2D eigenvalue weighted by atomic mass is 32.2. The Hall–Kier alpha value is -1.05. The van der Waals surface area contributed by atoms with Crippen LogP contribution < -0.4 is 10.6 Å². The molecule has 0 unspecified atom stereocenters. The van der Waals surface area contributed by atoms with Crippen LogP contribution in [0.1, 0.15) is 26.5 Å². The number of thioether (sulfide) groups is 1. The van der Waals surface area contributed by atoms with Gasteiger partial charge in [0, 0.05) is 32.1 Å². The Morgan fingerprint density at radius 1 is 1.57 bits per heavy atom. The van der Waals surface area contributed by atoms with Crippen LogP contribution in [0.5, 0.6) is 0 Å². The van der Waals surface area contributed by atoms with Crippen molar-refractivity contribution < 1.29 is 9.47 Å². The first kappa shape index (κ1) is 16.3. The van der Waals surface area contributed by atoms with E-state index in [0.717, 1.165) is 25.3 Å². The third-order valence-corrected chi connectivity index (χ3v) is 4.42. The topological polar surface area (TPSA) is 56.6 Å². The van der Waals surface area contributed by atoms with Gasteiger partial charge in [0.2, 0.25) is 0 Å². The van der Waals surface area contributed by atoms with E-state index in [1.807, 2.05) is 24.9 Å². The maximum Gasteiger partial charge on any atom is 0.351 e. The first-order valence-corrected chi connectivity index (χ1v) is 8.35. The molecule has 7 heteroatoms. The molecule has 1 saturated heterocycles. The third-order valence-electron chi connectivity index (χ3n) is 3.33. The molecule has 0 radical (unpaired) electrons. The zero-order chi connectivity index (χ0) is 15.2. The van der Waals surface area contributed by atoms with Crippen molar-refractivity contribution in [3.8, 4) is 0 Å². The first-order chi connectivity index (χ1) is 10.2. The molecule has 0 aromatic carbocycles. The third kappa shape index (κ3) is 4.21. The fraction of sp³-hybridized carbons (Fsp3) is 0.714. The molecule has 1 fully saturated rings. The Morgan fingerprint density at radius 2 is 2.38 bits per heavy atom. The average Bonchev–Trinajstić information content (AvgIpc) is 2.95. The van der Waals surface area contributed by atoms with Crippen molar-refractivity contribution in [1.29, 1.82) is 0 Å². The molecule has 6 nitrogen and oxygen atoms in total. The maximum atomic E-state index is 12.1. The van der Waals surface area contributed by atoms with Gasteiger partial charge in [0.1, 0.15) is 17.5 Å². The molecule has 1 aliphatic heterocycles. The summed E-state index contributed by atoms with van der Waals surface area (Å²) in [5.41, 5.74) is -0.278. The van der Waals surface area contributed by atoms with Gasteiger partial charge >= 0.3 is 5.69 Å². The van der Waals surface area contributed by atoms with Gasteiger partial charge < -0.3 is 14.4 Å². The molecule has 0 saturated carbocycles. The van der Waals surface area contributed by atoms with Crippen LogP contribution in [0.25, 0.3) is 0 Å². The Kier molecular flexibility index (Phi) is 6.08. The number of aromatic nitrogens is 2. The van der Waals surface area contributed by atoms with E-state index < -0.39 is 0 Å². The van der Waals surface area contributed by atoms with Crippen LogP contribution in [0.3, 0.4) is 0 Å². The van der Waals surface area contributed by atoms with Crippen LogP contribution in [-0.4, -0.2) is 47.5 Å². The van der Waals surface area contributed by atoms with Crippen LogP contribution in [0, 0.1) is 0 Å². The predicted molar refractivity (Wildman–Crippen MR) is 84.9 cm³/mol. The Labute approximate surface area is 129 Å². The second-order valence-corrected chi connectivity index (χ2v) is 6.11. The highest BCUT2D eigenvalue weighted by molar-refractivity contribution is 8.00. The van der Waals surface area contributed by atoms with E-state index in [9.17, 15) is 4.79 Å². The van der Waals surface area contributed by atoms with Crippen LogP contribution in [0.4, 0.5) is 5.82 Å². The maximum absolute atomic E-state index is 12.1. The van der Waals surface area contributed by atoms with Crippen molar-refractivity contribution in [3.63, 3.8) is 0 Å². The molecule has 0 spiro atoms. The Bertz CT molecular complexity index is 508. The lowest BCUT2D eigenvalue weighted by molar-refractivity contribution is -0.0245. The number of rotatable bonds is 7. The summed E-state index contributed by atoms with van der Waals surface area (Å²) < 4.78 is 12.9. The van der Waals surface area contributed by atoms with Gasteiger partial charge in [-0.2, -0.15) is 4.98 Å². The largest absolute Gasteiger partial charge is 0.378 e. The quantitative estimate of drug-likeness (QED) is 0.714. The summed E-state index contributed by atoms with van der Waals surface area (Å²) >= 11 is 1.67. The lowest BCUT2D eigenvalue weighted by atomic mass is 10.5. The second kappa shape index (κ2) is 7.82. The van der Waals surface area contributed by atoms with Crippen molar-refractivity contribution in [3.05, 3.63) is 22.7 Å². The number of ether oxygens (including phenoxy) is 2. The average molecular weight is 313 g/mol.